The van der Waals surface area contributed by atoms with Crippen molar-refractivity contribution in [3.05, 3.63) is 53.7 Å². The van der Waals surface area contributed by atoms with Gasteiger partial charge in [-0.2, -0.15) is 0 Å². The van der Waals surface area contributed by atoms with Gasteiger partial charge in [-0.05, 0) is 23.9 Å². The first-order valence-electron chi connectivity index (χ1n) is 6.52. The minimum absolute atomic E-state index is 0.340. The molecular formula is C16H15FN2S. The Bertz CT molecular complexity index is 700. The van der Waals surface area contributed by atoms with E-state index in [1.54, 1.807) is 17.7 Å². The van der Waals surface area contributed by atoms with E-state index < -0.39 is 0 Å². The number of rotatable bonds is 4. The summed E-state index contributed by atoms with van der Waals surface area (Å²) in [7, 11) is 0. The number of halogens is 1. The Kier molecular flexibility index (Phi) is 3.65. The van der Waals surface area contributed by atoms with Crippen molar-refractivity contribution in [2.75, 3.05) is 6.67 Å². The quantitative estimate of drug-likeness (QED) is 0.687. The lowest BCUT2D eigenvalue weighted by molar-refractivity contribution is 0.447. The summed E-state index contributed by atoms with van der Waals surface area (Å²) in [5, 5.41) is 2.06. The number of nitrogens with zero attached hydrogens (tertiary/aromatic N) is 2. The maximum atomic E-state index is 12.8. The van der Waals surface area contributed by atoms with Crippen LogP contribution in [0.5, 0.6) is 0 Å². The zero-order chi connectivity index (χ0) is 13.9. The zero-order valence-corrected chi connectivity index (χ0v) is 12.0. The molecule has 1 aromatic carbocycles. The van der Waals surface area contributed by atoms with Gasteiger partial charge in [-0.15, -0.1) is 11.3 Å². The Morgan fingerprint density at radius 3 is 2.65 bits per heavy atom. The maximum absolute atomic E-state index is 12.8. The van der Waals surface area contributed by atoms with Crippen LogP contribution in [0.1, 0.15) is 5.56 Å². The van der Waals surface area contributed by atoms with Crippen LogP contribution in [-0.2, 0) is 6.54 Å². The molecule has 0 radical (unpaired) electrons. The molecule has 20 heavy (non-hydrogen) atoms. The summed E-state index contributed by atoms with van der Waals surface area (Å²) >= 11 is 1.67. The summed E-state index contributed by atoms with van der Waals surface area (Å²) in [6.45, 7) is 2.03. The van der Waals surface area contributed by atoms with Crippen molar-refractivity contribution >= 4 is 11.3 Å². The molecule has 0 atom stereocenters. The average molecular weight is 286 g/mol. The van der Waals surface area contributed by atoms with Crippen LogP contribution in [0.15, 0.2) is 48.1 Å². The largest absolute Gasteiger partial charge is 0.327 e. The van der Waals surface area contributed by atoms with Gasteiger partial charge in [0, 0.05) is 5.56 Å². The van der Waals surface area contributed by atoms with Gasteiger partial charge in [-0.3, -0.25) is 0 Å². The molecule has 0 aliphatic heterocycles. The van der Waals surface area contributed by atoms with Gasteiger partial charge in [0.15, 0.2) is 0 Å². The third kappa shape index (κ3) is 2.27. The Hall–Kier alpha value is -1.94. The summed E-state index contributed by atoms with van der Waals surface area (Å²) < 4.78 is 14.7. The fourth-order valence-electron chi connectivity index (χ4n) is 2.30. The standard InChI is InChI=1S/C16H15FN2S/c1-12-7-10-20-16(12)15-14(13-5-3-2-4-6-13)18-11-19(15)9-8-17/h2-7,10-11H,8-9H2,1H3. The van der Waals surface area contributed by atoms with E-state index in [9.17, 15) is 4.39 Å². The van der Waals surface area contributed by atoms with Crippen LogP contribution >= 0.6 is 11.3 Å². The lowest BCUT2D eigenvalue weighted by Gasteiger charge is -2.08. The van der Waals surface area contributed by atoms with Crippen molar-refractivity contribution < 1.29 is 4.39 Å². The van der Waals surface area contributed by atoms with Gasteiger partial charge in [0.05, 0.1) is 29.1 Å². The molecule has 0 aliphatic carbocycles. The molecule has 0 saturated heterocycles. The van der Waals surface area contributed by atoms with E-state index in [1.807, 2.05) is 34.9 Å². The molecule has 4 heteroatoms. The van der Waals surface area contributed by atoms with E-state index in [0.29, 0.717) is 6.54 Å². The highest BCUT2D eigenvalue weighted by atomic mass is 32.1. The van der Waals surface area contributed by atoms with Gasteiger partial charge in [-0.25, -0.2) is 9.37 Å². The van der Waals surface area contributed by atoms with E-state index in [0.717, 1.165) is 21.8 Å². The Labute approximate surface area is 121 Å². The third-order valence-electron chi connectivity index (χ3n) is 3.29. The van der Waals surface area contributed by atoms with Gasteiger partial charge < -0.3 is 4.57 Å². The smallest absolute Gasteiger partial charge is 0.107 e. The second-order valence-corrected chi connectivity index (χ2v) is 5.54. The van der Waals surface area contributed by atoms with Crippen LogP contribution in [0.3, 0.4) is 0 Å². The molecule has 3 rings (SSSR count). The van der Waals surface area contributed by atoms with Crippen molar-refractivity contribution in [3.8, 4) is 21.8 Å². The first-order valence-corrected chi connectivity index (χ1v) is 7.40. The highest BCUT2D eigenvalue weighted by molar-refractivity contribution is 7.13. The number of imidazole rings is 1. The monoisotopic (exact) mass is 286 g/mol. The molecular weight excluding hydrogens is 271 g/mol. The fourth-order valence-corrected chi connectivity index (χ4v) is 3.29. The summed E-state index contributed by atoms with van der Waals surface area (Å²) in [6.07, 6.45) is 1.73. The number of alkyl halides is 1. The van der Waals surface area contributed by atoms with Gasteiger partial charge >= 0.3 is 0 Å². The number of hydrogen-bond donors (Lipinski definition) is 0. The minimum Gasteiger partial charge on any atom is -0.327 e. The summed E-state index contributed by atoms with van der Waals surface area (Å²) in [4.78, 5) is 5.67. The lowest BCUT2D eigenvalue weighted by atomic mass is 10.1. The molecule has 2 aromatic heterocycles. The van der Waals surface area contributed by atoms with E-state index in [-0.39, 0.29) is 6.67 Å². The van der Waals surface area contributed by atoms with Gasteiger partial charge in [0.2, 0.25) is 0 Å². The minimum atomic E-state index is -0.387. The summed E-state index contributed by atoms with van der Waals surface area (Å²) in [5.74, 6) is 0. The lowest BCUT2D eigenvalue weighted by Crippen LogP contribution is -2.00. The molecule has 0 amide bonds. The van der Waals surface area contributed by atoms with E-state index in [1.165, 1.54) is 5.56 Å². The highest BCUT2D eigenvalue weighted by Gasteiger charge is 2.17. The maximum Gasteiger partial charge on any atom is 0.107 e. The van der Waals surface area contributed by atoms with Crippen molar-refractivity contribution in [2.45, 2.75) is 13.5 Å². The molecule has 0 spiro atoms. The van der Waals surface area contributed by atoms with Gasteiger partial charge in [-0.1, -0.05) is 30.3 Å². The average Bonchev–Trinajstić information content (AvgIpc) is 3.06. The Morgan fingerprint density at radius 1 is 1.20 bits per heavy atom. The summed E-state index contributed by atoms with van der Waals surface area (Å²) in [6, 6.07) is 12.1. The molecule has 0 bridgehead atoms. The number of aromatic nitrogens is 2. The Balaban J connectivity index is 2.19. The highest BCUT2D eigenvalue weighted by Crippen LogP contribution is 2.36. The zero-order valence-electron chi connectivity index (χ0n) is 11.2. The molecule has 0 saturated carbocycles. The van der Waals surface area contributed by atoms with E-state index >= 15 is 0 Å². The molecule has 3 aromatic rings. The number of hydrogen-bond acceptors (Lipinski definition) is 2. The van der Waals surface area contributed by atoms with Crippen LogP contribution < -0.4 is 0 Å². The van der Waals surface area contributed by atoms with Crippen LogP contribution in [0.25, 0.3) is 21.8 Å². The van der Waals surface area contributed by atoms with Crippen molar-refractivity contribution in [1.29, 1.82) is 0 Å². The normalized spacial score (nSPS) is 10.9. The first kappa shape index (κ1) is 13.1. The molecule has 0 N–H and O–H groups in total. The number of thiophene rings is 1. The molecule has 0 unspecified atom stereocenters. The van der Waals surface area contributed by atoms with Crippen LogP contribution in [0, 0.1) is 6.92 Å². The van der Waals surface area contributed by atoms with Gasteiger partial charge in [0.25, 0.3) is 0 Å². The molecule has 0 aliphatic rings. The molecule has 102 valence electrons. The van der Waals surface area contributed by atoms with Crippen LogP contribution in [-0.4, -0.2) is 16.2 Å². The van der Waals surface area contributed by atoms with Crippen molar-refractivity contribution in [3.63, 3.8) is 0 Å². The van der Waals surface area contributed by atoms with Crippen molar-refractivity contribution in [1.82, 2.24) is 9.55 Å². The predicted octanol–water partition coefficient (Wildman–Crippen LogP) is 4.56. The Morgan fingerprint density at radius 2 is 2.00 bits per heavy atom. The summed E-state index contributed by atoms with van der Waals surface area (Å²) in [5.41, 5.74) is 4.20. The van der Waals surface area contributed by atoms with Gasteiger partial charge in [0.1, 0.15) is 6.67 Å². The predicted molar refractivity (Wildman–Crippen MR) is 81.7 cm³/mol. The second kappa shape index (κ2) is 5.59. The topological polar surface area (TPSA) is 17.8 Å². The van der Waals surface area contributed by atoms with Crippen LogP contribution in [0.4, 0.5) is 4.39 Å². The first-order chi connectivity index (χ1) is 9.81. The molecule has 0 fully saturated rings. The third-order valence-corrected chi connectivity index (χ3v) is 4.31. The SMILES string of the molecule is Cc1ccsc1-c1c(-c2ccccc2)ncn1CCF. The van der Waals surface area contributed by atoms with E-state index in [4.69, 9.17) is 0 Å². The second-order valence-electron chi connectivity index (χ2n) is 4.62. The number of benzene rings is 1. The number of aryl methyl sites for hydroxylation is 2. The van der Waals surface area contributed by atoms with Crippen LogP contribution in [0.2, 0.25) is 0 Å². The fraction of sp³-hybridized carbons (Fsp3) is 0.188. The van der Waals surface area contributed by atoms with E-state index in [2.05, 4.69) is 23.4 Å². The molecule has 2 nitrogen and oxygen atoms in total. The molecule has 2 heterocycles. The van der Waals surface area contributed by atoms with Crippen molar-refractivity contribution in [2.24, 2.45) is 0 Å².